The first-order chi connectivity index (χ1) is 13.5. The Bertz CT molecular complexity index is 1030. The number of anilines is 2. The van der Waals surface area contributed by atoms with Gasteiger partial charge in [-0.25, -0.2) is 9.97 Å². The Morgan fingerprint density at radius 3 is 2.39 bits per heavy atom. The molecular formula is C21H22ClN5O. The maximum Gasteiger partial charge on any atom is 0.278 e. The molecule has 7 heteroatoms. The van der Waals surface area contributed by atoms with Gasteiger partial charge in [0.25, 0.3) is 5.91 Å². The van der Waals surface area contributed by atoms with E-state index in [0.717, 1.165) is 37.3 Å². The van der Waals surface area contributed by atoms with Crippen LogP contribution in [0.25, 0.3) is 11.0 Å². The number of amides is 1. The molecule has 1 N–H and O–H groups in total. The minimum atomic E-state index is -0.280. The highest BCUT2D eigenvalue weighted by Gasteiger charge is 2.24. The van der Waals surface area contributed by atoms with Gasteiger partial charge in [-0.05, 0) is 43.8 Å². The molecule has 1 amide bonds. The average Bonchev–Trinajstić information content (AvgIpc) is 2.71. The monoisotopic (exact) mass is 395 g/mol. The van der Waals surface area contributed by atoms with Crippen LogP contribution in [0.5, 0.6) is 0 Å². The molecule has 0 saturated carbocycles. The molecule has 2 heterocycles. The zero-order valence-electron chi connectivity index (χ0n) is 15.9. The van der Waals surface area contributed by atoms with E-state index in [1.807, 2.05) is 43.3 Å². The number of hydrogen-bond acceptors (Lipinski definition) is 5. The number of piperazine rings is 1. The summed E-state index contributed by atoms with van der Waals surface area (Å²) in [4.78, 5) is 27.0. The third-order valence-electron chi connectivity index (χ3n) is 5.09. The molecule has 4 rings (SSSR count). The van der Waals surface area contributed by atoms with Crippen molar-refractivity contribution in [1.82, 2.24) is 14.9 Å². The number of nitrogens with one attached hydrogen (secondary N) is 1. The van der Waals surface area contributed by atoms with E-state index in [4.69, 9.17) is 16.6 Å². The second-order valence-electron chi connectivity index (χ2n) is 7.04. The average molecular weight is 396 g/mol. The fourth-order valence-corrected chi connectivity index (χ4v) is 3.48. The lowest BCUT2D eigenvalue weighted by molar-refractivity contribution is 0.102. The molecule has 1 fully saturated rings. The topological polar surface area (TPSA) is 61.4 Å². The number of rotatable bonds is 3. The van der Waals surface area contributed by atoms with E-state index < -0.39 is 0 Å². The summed E-state index contributed by atoms with van der Waals surface area (Å²) >= 11 is 6.20. The Labute approximate surface area is 169 Å². The summed E-state index contributed by atoms with van der Waals surface area (Å²) in [7, 11) is 2.10. The lowest BCUT2D eigenvalue weighted by Crippen LogP contribution is -2.45. The summed E-state index contributed by atoms with van der Waals surface area (Å²) in [6.07, 6.45) is 0. The Morgan fingerprint density at radius 1 is 1.00 bits per heavy atom. The van der Waals surface area contributed by atoms with E-state index >= 15 is 0 Å². The summed E-state index contributed by atoms with van der Waals surface area (Å²) in [6, 6.07) is 13.1. The number of likely N-dealkylation sites (N-methyl/N-ethyl adjacent to an activating group) is 1. The van der Waals surface area contributed by atoms with Crippen LogP contribution in [0.1, 0.15) is 16.1 Å². The largest absolute Gasteiger partial charge is 0.352 e. The minimum Gasteiger partial charge on any atom is -0.352 e. The van der Waals surface area contributed by atoms with E-state index in [1.165, 1.54) is 0 Å². The van der Waals surface area contributed by atoms with Gasteiger partial charge >= 0.3 is 0 Å². The highest BCUT2D eigenvalue weighted by molar-refractivity contribution is 6.31. The Kier molecular flexibility index (Phi) is 5.15. The Balaban J connectivity index is 1.74. The van der Waals surface area contributed by atoms with Gasteiger partial charge in [0.15, 0.2) is 11.5 Å². The predicted molar refractivity (Wildman–Crippen MR) is 113 cm³/mol. The molecule has 0 unspecified atom stereocenters. The molecule has 0 aliphatic carbocycles. The van der Waals surface area contributed by atoms with Gasteiger partial charge in [0, 0.05) is 36.9 Å². The third-order valence-corrected chi connectivity index (χ3v) is 5.50. The van der Waals surface area contributed by atoms with Crippen LogP contribution in [0, 0.1) is 6.92 Å². The van der Waals surface area contributed by atoms with Crippen LogP contribution in [0.2, 0.25) is 5.02 Å². The van der Waals surface area contributed by atoms with Crippen molar-refractivity contribution in [3.05, 3.63) is 58.7 Å². The van der Waals surface area contributed by atoms with Crippen LogP contribution in [0.15, 0.2) is 42.5 Å². The fourth-order valence-electron chi connectivity index (χ4n) is 3.31. The van der Waals surface area contributed by atoms with Gasteiger partial charge in [0.05, 0.1) is 11.0 Å². The van der Waals surface area contributed by atoms with Gasteiger partial charge in [-0.1, -0.05) is 29.8 Å². The number of nitrogens with zero attached hydrogens (tertiary/aromatic N) is 4. The molecule has 3 aromatic rings. The van der Waals surface area contributed by atoms with Gasteiger partial charge in [-0.2, -0.15) is 0 Å². The molecule has 2 aromatic carbocycles. The number of aromatic nitrogens is 2. The molecule has 0 spiro atoms. The number of carbonyl (C=O) groups is 1. The van der Waals surface area contributed by atoms with Gasteiger partial charge in [-0.3, -0.25) is 4.79 Å². The molecule has 6 nitrogen and oxygen atoms in total. The number of para-hydroxylation sites is 2. The number of carbonyl (C=O) groups excluding carboxylic acids is 1. The molecule has 0 radical (unpaired) electrons. The highest BCUT2D eigenvalue weighted by Crippen LogP contribution is 2.26. The molecule has 1 aliphatic rings. The zero-order valence-corrected chi connectivity index (χ0v) is 16.7. The van der Waals surface area contributed by atoms with Crippen LogP contribution in [-0.2, 0) is 0 Å². The lowest BCUT2D eigenvalue weighted by atomic mass is 10.2. The standard InChI is InChI=1S/C21H22ClN5O/c1-14-15(22)6-5-9-16(14)25-21(28)19-20(27-12-10-26(2)11-13-27)24-18-8-4-3-7-17(18)23-19/h3-9H,10-13H2,1-2H3,(H,25,28). The summed E-state index contributed by atoms with van der Waals surface area (Å²) in [5.74, 6) is 0.349. The maximum absolute atomic E-state index is 13.2. The second kappa shape index (κ2) is 7.73. The summed E-state index contributed by atoms with van der Waals surface area (Å²) in [5.41, 5.74) is 3.33. The smallest absolute Gasteiger partial charge is 0.278 e. The van der Waals surface area contributed by atoms with Crippen molar-refractivity contribution in [1.29, 1.82) is 0 Å². The van der Waals surface area contributed by atoms with Crippen LogP contribution in [0.4, 0.5) is 11.5 Å². The van der Waals surface area contributed by atoms with Crippen LogP contribution < -0.4 is 10.2 Å². The van der Waals surface area contributed by atoms with Gasteiger partial charge in [-0.15, -0.1) is 0 Å². The van der Waals surface area contributed by atoms with Crippen LogP contribution in [0.3, 0.4) is 0 Å². The van der Waals surface area contributed by atoms with Crippen molar-refractivity contribution in [3.8, 4) is 0 Å². The van der Waals surface area contributed by atoms with Crippen molar-refractivity contribution in [2.75, 3.05) is 43.4 Å². The number of benzene rings is 2. The molecule has 1 aliphatic heterocycles. The first-order valence-electron chi connectivity index (χ1n) is 9.29. The maximum atomic E-state index is 13.2. The molecule has 144 valence electrons. The molecule has 28 heavy (non-hydrogen) atoms. The summed E-state index contributed by atoms with van der Waals surface area (Å²) < 4.78 is 0. The van der Waals surface area contributed by atoms with Crippen LogP contribution in [-0.4, -0.2) is 54.0 Å². The van der Waals surface area contributed by atoms with Crippen molar-refractivity contribution in [2.45, 2.75) is 6.92 Å². The molecule has 0 bridgehead atoms. The summed E-state index contributed by atoms with van der Waals surface area (Å²) in [6.45, 7) is 5.33. The van der Waals surface area contributed by atoms with Crippen molar-refractivity contribution in [2.24, 2.45) is 0 Å². The first-order valence-corrected chi connectivity index (χ1v) is 9.67. The molecular weight excluding hydrogens is 374 g/mol. The van der Waals surface area contributed by atoms with Crippen molar-refractivity contribution in [3.63, 3.8) is 0 Å². The predicted octanol–water partition coefficient (Wildman–Crippen LogP) is 3.60. The number of hydrogen-bond donors (Lipinski definition) is 1. The van der Waals surface area contributed by atoms with Gasteiger partial charge in [0.2, 0.25) is 0 Å². The van der Waals surface area contributed by atoms with Crippen LogP contribution >= 0.6 is 11.6 Å². The lowest BCUT2D eigenvalue weighted by Gasteiger charge is -2.33. The number of halogens is 1. The summed E-state index contributed by atoms with van der Waals surface area (Å²) in [5, 5.41) is 3.57. The SMILES string of the molecule is Cc1c(Cl)cccc1NC(=O)c1nc2ccccc2nc1N1CCN(C)CC1. The Hall–Kier alpha value is -2.70. The molecule has 1 aromatic heterocycles. The highest BCUT2D eigenvalue weighted by atomic mass is 35.5. The quantitative estimate of drug-likeness (QED) is 0.734. The minimum absolute atomic E-state index is 0.280. The van der Waals surface area contributed by atoms with E-state index in [9.17, 15) is 4.79 Å². The van der Waals surface area contributed by atoms with Gasteiger partial charge < -0.3 is 15.1 Å². The third kappa shape index (κ3) is 3.66. The number of fused-ring (bicyclic) bond motifs is 1. The normalized spacial score (nSPS) is 15.0. The zero-order chi connectivity index (χ0) is 19.7. The van der Waals surface area contributed by atoms with E-state index in [-0.39, 0.29) is 5.91 Å². The van der Waals surface area contributed by atoms with E-state index in [1.54, 1.807) is 6.07 Å². The fraction of sp³-hybridized carbons (Fsp3) is 0.286. The van der Waals surface area contributed by atoms with E-state index in [2.05, 4.69) is 27.1 Å². The van der Waals surface area contributed by atoms with Crippen molar-refractivity contribution < 1.29 is 4.79 Å². The molecule has 1 saturated heterocycles. The van der Waals surface area contributed by atoms with Crippen molar-refractivity contribution >= 4 is 40.0 Å². The second-order valence-corrected chi connectivity index (χ2v) is 7.45. The van der Waals surface area contributed by atoms with Gasteiger partial charge in [0.1, 0.15) is 0 Å². The Morgan fingerprint density at radius 2 is 1.68 bits per heavy atom. The first kappa shape index (κ1) is 18.7. The van der Waals surface area contributed by atoms with E-state index in [0.29, 0.717) is 27.7 Å². The molecule has 0 atom stereocenters.